The molecule has 2 unspecified atom stereocenters. The van der Waals surface area contributed by atoms with E-state index in [0.29, 0.717) is 0 Å². The molecule has 6 atom stereocenters. The normalized spacial score (nSPS) is 28.4. The number of alkyl halides is 1. The number of carbonyl (C=O) groups excluding carboxylic acids is 2. The highest BCUT2D eigenvalue weighted by Crippen LogP contribution is 2.51. The topological polar surface area (TPSA) is 126 Å². The lowest BCUT2D eigenvalue weighted by Crippen LogP contribution is -2.46. The van der Waals surface area contributed by atoms with Crippen LogP contribution in [0, 0.1) is 0 Å². The molecule has 12 heteroatoms. The molecule has 0 aliphatic carbocycles. The van der Waals surface area contributed by atoms with Gasteiger partial charge in [-0.15, -0.1) is 6.58 Å². The Labute approximate surface area is 209 Å². The minimum absolute atomic E-state index is 0.0362. The number of ether oxygens (including phenoxy) is 2. The van der Waals surface area contributed by atoms with Crippen molar-refractivity contribution in [2.45, 2.75) is 57.0 Å². The van der Waals surface area contributed by atoms with Gasteiger partial charge in [-0.2, -0.15) is 0 Å². The Hall–Kier alpha value is -2.98. The van der Waals surface area contributed by atoms with Crippen molar-refractivity contribution in [2.75, 3.05) is 6.16 Å². The maximum absolute atomic E-state index is 15.4. The molecule has 0 spiro atoms. The molecule has 196 valence electrons. The van der Waals surface area contributed by atoms with E-state index in [1.807, 2.05) is 0 Å². The summed E-state index contributed by atoms with van der Waals surface area (Å²) in [6, 6.07) is 7.11. The zero-order valence-corrected chi connectivity index (χ0v) is 21.2. The lowest BCUT2D eigenvalue weighted by Gasteiger charge is -2.35. The van der Waals surface area contributed by atoms with Crippen LogP contribution in [0.2, 0.25) is 0 Å². The molecule has 3 N–H and O–H groups in total. The van der Waals surface area contributed by atoms with E-state index in [-0.39, 0.29) is 11.6 Å². The summed E-state index contributed by atoms with van der Waals surface area (Å²) in [6.45, 7) is 12.2. The smallest absolute Gasteiger partial charge is 0.323 e. The second kappa shape index (κ2) is 11.0. The number of para-hydroxylation sites is 1. The van der Waals surface area contributed by atoms with Crippen molar-refractivity contribution in [3.8, 4) is 5.75 Å². The van der Waals surface area contributed by atoms with E-state index in [1.54, 1.807) is 44.2 Å². The van der Waals surface area contributed by atoms with Gasteiger partial charge in [0.25, 0.3) is 5.91 Å². The third-order valence-corrected chi connectivity index (χ3v) is 7.74. The maximum atomic E-state index is 15.4. The average molecular weight is 523 g/mol. The number of halogens is 1. The molecule has 1 amide bonds. The summed E-state index contributed by atoms with van der Waals surface area (Å²) in [4.78, 5) is 25.2. The van der Waals surface area contributed by atoms with Crippen molar-refractivity contribution in [1.29, 1.82) is 0 Å². The maximum Gasteiger partial charge on any atom is 0.323 e. The third-order valence-electron chi connectivity index (χ3n) is 5.55. The fraction of sp³-hybridized carbons (Fsp3) is 0.417. The van der Waals surface area contributed by atoms with Gasteiger partial charge >= 0.3 is 13.5 Å². The van der Waals surface area contributed by atoms with Gasteiger partial charge in [-0.3, -0.25) is 14.2 Å². The molecule has 2 aliphatic heterocycles. The van der Waals surface area contributed by atoms with Gasteiger partial charge in [0.1, 0.15) is 29.3 Å². The van der Waals surface area contributed by atoms with Crippen molar-refractivity contribution >= 4 is 19.4 Å². The van der Waals surface area contributed by atoms with Gasteiger partial charge in [0.05, 0.1) is 12.3 Å². The molecule has 0 radical (unpaired) electrons. The number of nitrogens with zero attached hydrogens (tertiary/aromatic N) is 1. The predicted molar refractivity (Wildman–Crippen MR) is 130 cm³/mol. The summed E-state index contributed by atoms with van der Waals surface area (Å²) in [7, 11) is -4.08. The van der Waals surface area contributed by atoms with Gasteiger partial charge in [0.2, 0.25) is 0 Å². The standard InChI is InChI=1S/C24H31FN3O7P/c1-6-24(21(30)20(25)22(34-24)28-13-12-19(29)26-17(28)5)14-36(32,35-18-10-8-7-9-11-18)27-16(4)23(31)33-15(2)3/h6-13,15-16,20-22,30H,1,5,14H2,2-4H3,(H,26,29)(H,27,32)/t16?,20-,21+,22-,24-,36?/m1/s1. The third kappa shape index (κ3) is 6.04. The Balaban J connectivity index is 1.92. The monoisotopic (exact) mass is 523 g/mol. The largest absolute Gasteiger partial charge is 0.462 e. The van der Waals surface area contributed by atoms with Gasteiger partial charge in [-0.1, -0.05) is 30.9 Å². The quantitative estimate of drug-likeness (QED) is 0.241. The number of nitrogens with one attached hydrogen (secondary N) is 2. The van der Waals surface area contributed by atoms with Crippen LogP contribution in [0.4, 0.5) is 4.39 Å². The Morgan fingerprint density at radius 2 is 2.06 bits per heavy atom. The molecule has 1 saturated heterocycles. The number of carbonyl (C=O) groups is 2. The van der Waals surface area contributed by atoms with E-state index in [9.17, 15) is 19.3 Å². The van der Waals surface area contributed by atoms with Crippen LogP contribution in [0.5, 0.6) is 5.75 Å². The average Bonchev–Trinajstić information content (AvgIpc) is 3.04. The summed E-state index contributed by atoms with van der Waals surface area (Å²) in [5, 5.41) is 16.0. The Kier molecular flexibility index (Phi) is 8.40. The van der Waals surface area contributed by atoms with Crippen LogP contribution in [0.15, 0.2) is 67.7 Å². The number of benzene rings is 1. The van der Waals surface area contributed by atoms with E-state index in [4.69, 9.17) is 14.0 Å². The molecule has 2 heterocycles. The summed E-state index contributed by atoms with van der Waals surface area (Å²) in [5.41, 5.74) is -1.89. The molecule has 0 aromatic heterocycles. The van der Waals surface area contributed by atoms with Crippen molar-refractivity contribution in [2.24, 2.45) is 0 Å². The highest BCUT2D eigenvalue weighted by atomic mass is 31.2. The molecular weight excluding hydrogens is 492 g/mol. The van der Waals surface area contributed by atoms with Crippen LogP contribution in [0.3, 0.4) is 0 Å². The minimum atomic E-state index is -4.08. The van der Waals surface area contributed by atoms with E-state index in [2.05, 4.69) is 23.6 Å². The number of rotatable bonds is 10. The van der Waals surface area contributed by atoms with Crippen LogP contribution in [-0.2, 0) is 23.6 Å². The van der Waals surface area contributed by atoms with E-state index < -0.39 is 61.8 Å². The number of amides is 1. The first kappa shape index (κ1) is 27.6. The Bertz CT molecular complexity index is 1080. The molecule has 1 fully saturated rings. The molecule has 36 heavy (non-hydrogen) atoms. The van der Waals surface area contributed by atoms with E-state index >= 15 is 4.39 Å². The molecule has 1 aromatic carbocycles. The zero-order valence-electron chi connectivity index (χ0n) is 20.3. The van der Waals surface area contributed by atoms with Crippen molar-refractivity contribution < 1.29 is 37.6 Å². The highest BCUT2D eigenvalue weighted by molar-refractivity contribution is 7.57. The highest BCUT2D eigenvalue weighted by Gasteiger charge is 2.59. The van der Waals surface area contributed by atoms with Crippen LogP contribution in [0.25, 0.3) is 0 Å². The number of esters is 1. The first-order valence-corrected chi connectivity index (χ1v) is 13.1. The van der Waals surface area contributed by atoms with Gasteiger partial charge in [0, 0.05) is 12.3 Å². The fourth-order valence-corrected chi connectivity index (χ4v) is 6.26. The summed E-state index contributed by atoms with van der Waals surface area (Å²) < 4.78 is 46.4. The van der Waals surface area contributed by atoms with Crippen molar-refractivity contribution in [3.05, 3.63) is 67.7 Å². The second-order valence-corrected chi connectivity index (χ2v) is 10.9. The minimum Gasteiger partial charge on any atom is -0.462 e. The van der Waals surface area contributed by atoms with Gasteiger partial charge in [-0.25, -0.2) is 9.48 Å². The first-order chi connectivity index (χ1) is 16.9. The Morgan fingerprint density at radius 1 is 1.39 bits per heavy atom. The van der Waals surface area contributed by atoms with Crippen LogP contribution < -0.4 is 14.9 Å². The van der Waals surface area contributed by atoms with Crippen LogP contribution >= 0.6 is 7.52 Å². The molecule has 2 aliphatic rings. The molecule has 1 aromatic rings. The van der Waals surface area contributed by atoms with E-state index in [0.717, 1.165) is 12.2 Å². The molecular formula is C24H31FN3O7P. The summed E-state index contributed by atoms with van der Waals surface area (Å²) >= 11 is 0. The SMILES string of the molecule is C=C[C@]1(CP(=O)(NC(C)C(=O)OC(C)C)Oc2ccccc2)O[C@@H](N2C=CC(=O)NC2=C)[C@H](F)[C@@H]1O. The van der Waals surface area contributed by atoms with Crippen LogP contribution in [-0.4, -0.2) is 64.3 Å². The van der Waals surface area contributed by atoms with Crippen molar-refractivity contribution in [1.82, 2.24) is 15.3 Å². The molecule has 3 rings (SSSR count). The summed E-state index contributed by atoms with van der Waals surface area (Å²) in [5.74, 6) is -0.872. The van der Waals surface area contributed by atoms with Gasteiger partial charge < -0.3 is 29.3 Å². The van der Waals surface area contributed by atoms with Gasteiger partial charge in [0.15, 0.2) is 12.4 Å². The summed E-state index contributed by atoms with van der Waals surface area (Å²) in [6.07, 6.45) is -2.65. The van der Waals surface area contributed by atoms with E-state index in [1.165, 1.54) is 18.0 Å². The number of hydrogen-bond acceptors (Lipinski definition) is 8. The molecule has 0 saturated carbocycles. The first-order valence-electron chi connectivity index (χ1n) is 11.3. The van der Waals surface area contributed by atoms with Crippen molar-refractivity contribution in [3.63, 3.8) is 0 Å². The zero-order chi connectivity index (χ0) is 26.7. The molecule has 10 nitrogen and oxygen atoms in total. The number of aliphatic hydroxyl groups is 1. The predicted octanol–water partition coefficient (Wildman–Crippen LogP) is 2.59. The lowest BCUT2D eigenvalue weighted by molar-refractivity contribution is -0.149. The molecule has 0 bridgehead atoms. The number of hydrogen-bond donors (Lipinski definition) is 3. The second-order valence-electron chi connectivity index (χ2n) is 8.79. The Morgan fingerprint density at radius 3 is 2.64 bits per heavy atom. The lowest BCUT2D eigenvalue weighted by atomic mass is 9.98. The number of aliphatic hydroxyl groups excluding tert-OH is 1. The van der Waals surface area contributed by atoms with Gasteiger partial charge in [-0.05, 0) is 32.9 Å². The van der Waals surface area contributed by atoms with Crippen LogP contribution in [0.1, 0.15) is 20.8 Å². The fourth-order valence-electron chi connectivity index (χ4n) is 3.85.